The molecule has 0 aliphatic rings. The summed E-state index contributed by atoms with van der Waals surface area (Å²) in [5, 5.41) is 20.3. The molecule has 0 bridgehead atoms. The van der Waals surface area contributed by atoms with Gasteiger partial charge in [0.1, 0.15) is 11.4 Å². The molecule has 37 heavy (non-hydrogen) atoms. The standard InChI is InChI=1S/C29H32N2O6/c1-28(2,3)37-27(36)31(22-12-8-5-9-13-22)29(26(34)35,19-21-10-6-4-7-11-21)25(33)24(30)18-20-14-16-23(32)17-15-20/h4-17,24,32H,18-19,30H2,1-3H3,(H,34,35). The topological polar surface area (TPSA) is 130 Å². The summed E-state index contributed by atoms with van der Waals surface area (Å²) in [5.74, 6) is -2.34. The minimum atomic E-state index is -2.42. The SMILES string of the molecule is CC(C)(C)OC(=O)N(c1ccccc1)C(Cc1ccccc1)(C(=O)O)C(=O)C(N)Cc1ccc(O)cc1. The second-order valence-corrected chi connectivity index (χ2v) is 9.82. The van der Waals surface area contributed by atoms with E-state index in [-0.39, 0.29) is 24.3 Å². The highest BCUT2D eigenvalue weighted by Crippen LogP contribution is 2.33. The summed E-state index contributed by atoms with van der Waals surface area (Å²) in [4.78, 5) is 41.9. The van der Waals surface area contributed by atoms with Crippen molar-refractivity contribution < 1.29 is 29.3 Å². The van der Waals surface area contributed by atoms with Crippen molar-refractivity contribution in [1.29, 1.82) is 0 Å². The van der Waals surface area contributed by atoms with Gasteiger partial charge >= 0.3 is 12.1 Å². The first kappa shape index (κ1) is 27.4. The molecule has 4 N–H and O–H groups in total. The zero-order valence-corrected chi connectivity index (χ0v) is 21.1. The van der Waals surface area contributed by atoms with Crippen molar-refractivity contribution in [2.45, 2.75) is 50.8 Å². The molecule has 0 aliphatic heterocycles. The number of ether oxygens (including phenoxy) is 1. The van der Waals surface area contributed by atoms with Crippen LogP contribution in [0.4, 0.5) is 10.5 Å². The Bertz CT molecular complexity index is 1220. The number of carbonyl (C=O) groups is 3. The van der Waals surface area contributed by atoms with Crippen LogP contribution in [0.5, 0.6) is 5.75 Å². The molecule has 3 rings (SSSR count). The third kappa shape index (κ3) is 6.54. The number of nitrogens with zero attached hydrogens (tertiary/aromatic N) is 1. The number of nitrogens with two attached hydrogens (primary N) is 1. The zero-order valence-electron chi connectivity index (χ0n) is 21.1. The normalized spacial score (nSPS) is 13.7. The van der Waals surface area contributed by atoms with Gasteiger partial charge < -0.3 is 20.7 Å². The fraction of sp³-hybridized carbons (Fsp3) is 0.276. The van der Waals surface area contributed by atoms with Gasteiger partial charge in [0.15, 0.2) is 5.78 Å². The number of ketones is 1. The average molecular weight is 505 g/mol. The third-order valence-electron chi connectivity index (χ3n) is 5.77. The Hall–Kier alpha value is -4.17. The fourth-order valence-corrected chi connectivity index (χ4v) is 4.10. The lowest BCUT2D eigenvalue weighted by Crippen LogP contribution is -2.68. The molecule has 8 heteroatoms. The zero-order chi connectivity index (χ0) is 27.2. The van der Waals surface area contributed by atoms with Crippen molar-refractivity contribution in [3.63, 3.8) is 0 Å². The summed E-state index contributed by atoms with van der Waals surface area (Å²) >= 11 is 0. The van der Waals surface area contributed by atoms with Crippen LogP contribution in [0.15, 0.2) is 84.9 Å². The minimum Gasteiger partial charge on any atom is -0.508 e. The summed E-state index contributed by atoms with van der Waals surface area (Å²) in [6.07, 6.45) is -1.32. The van der Waals surface area contributed by atoms with Crippen molar-refractivity contribution in [1.82, 2.24) is 0 Å². The number of carbonyl (C=O) groups excluding carboxylic acids is 2. The molecule has 0 aromatic heterocycles. The van der Waals surface area contributed by atoms with E-state index in [1.807, 2.05) is 0 Å². The van der Waals surface area contributed by atoms with Crippen LogP contribution in [0.1, 0.15) is 31.9 Å². The molecule has 0 aliphatic carbocycles. The first-order valence-electron chi connectivity index (χ1n) is 11.9. The summed E-state index contributed by atoms with van der Waals surface area (Å²) in [5.41, 5.74) is 4.31. The number of phenols is 1. The summed E-state index contributed by atoms with van der Waals surface area (Å²) in [7, 11) is 0. The van der Waals surface area contributed by atoms with E-state index in [1.54, 1.807) is 93.6 Å². The Morgan fingerprint density at radius 2 is 1.41 bits per heavy atom. The van der Waals surface area contributed by atoms with Crippen molar-refractivity contribution >= 4 is 23.5 Å². The Morgan fingerprint density at radius 3 is 1.92 bits per heavy atom. The van der Waals surface area contributed by atoms with E-state index in [0.717, 1.165) is 4.90 Å². The summed E-state index contributed by atoms with van der Waals surface area (Å²) in [6, 6.07) is 21.5. The molecule has 1 amide bonds. The van der Waals surface area contributed by atoms with Gasteiger partial charge in [-0.2, -0.15) is 0 Å². The number of benzene rings is 3. The molecule has 8 nitrogen and oxygen atoms in total. The molecule has 0 spiro atoms. The minimum absolute atomic E-state index is 0.000118. The van der Waals surface area contributed by atoms with Crippen molar-refractivity contribution in [3.05, 3.63) is 96.1 Å². The van der Waals surface area contributed by atoms with Crippen molar-refractivity contribution in [2.24, 2.45) is 5.73 Å². The number of rotatable bonds is 9. The molecule has 0 fully saturated rings. The Labute approximate surface area is 216 Å². The first-order valence-corrected chi connectivity index (χ1v) is 11.9. The Kier molecular flexibility index (Phi) is 8.35. The molecule has 0 saturated carbocycles. The lowest BCUT2D eigenvalue weighted by Gasteiger charge is -2.41. The first-order chi connectivity index (χ1) is 17.4. The highest BCUT2D eigenvalue weighted by Gasteiger charge is 2.56. The van der Waals surface area contributed by atoms with Gasteiger partial charge in [0.05, 0.1) is 6.04 Å². The van der Waals surface area contributed by atoms with Crippen LogP contribution in [0.3, 0.4) is 0 Å². The number of para-hydroxylation sites is 1. The van der Waals surface area contributed by atoms with Gasteiger partial charge in [-0.1, -0.05) is 60.7 Å². The Balaban J connectivity index is 2.20. The van der Waals surface area contributed by atoms with Crippen LogP contribution in [0.2, 0.25) is 0 Å². The molecule has 0 saturated heterocycles. The van der Waals surface area contributed by atoms with E-state index < -0.39 is 35.0 Å². The van der Waals surface area contributed by atoms with Crippen molar-refractivity contribution in [3.8, 4) is 5.75 Å². The smallest absolute Gasteiger partial charge is 0.416 e. The highest BCUT2D eigenvalue weighted by atomic mass is 16.6. The van der Waals surface area contributed by atoms with Crippen molar-refractivity contribution in [2.75, 3.05) is 4.90 Å². The molecule has 2 atom stereocenters. The van der Waals surface area contributed by atoms with Gasteiger partial charge in [-0.3, -0.25) is 9.69 Å². The van der Waals surface area contributed by atoms with Crippen LogP contribution in [-0.4, -0.2) is 45.2 Å². The van der Waals surface area contributed by atoms with E-state index in [2.05, 4.69) is 0 Å². The maximum atomic E-state index is 14.2. The number of phenolic OH excluding ortho intramolecular Hbond substituents is 1. The molecule has 194 valence electrons. The van der Waals surface area contributed by atoms with Gasteiger partial charge in [-0.05, 0) is 62.6 Å². The number of hydrogen-bond donors (Lipinski definition) is 3. The van der Waals surface area contributed by atoms with E-state index in [0.29, 0.717) is 11.1 Å². The number of carboxylic acid groups (broad SMARTS) is 1. The number of hydrogen-bond acceptors (Lipinski definition) is 6. The van der Waals surface area contributed by atoms with Crippen LogP contribution in [-0.2, 0) is 27.2 Å². The van der Waals surface area contributed by atoms with Crippen LogP contribution >= 0.6 is 0 Å². The highest BCUT2D eigenvalue weighted by molar-refractivity contribution is 6.18. The molecular formula is C29H32N2O6. The number of amides is 1. The fourth-order valence-electron chi connectivity index (χ4n) is 4.10. The van der Waals surface area contributed by atoms with Gasteiger partial charge in [0, 0.05) is 12.1 Å². The molecule has 0 radical (unpaired) electrons. The lowest BCUT2D eigenvalue weighted by atomic mass is 9.80. The second kappa shape index (κ2) is 11.3. The Morgan fingerprint density at radius 1 is 0.865 bits per heavy atom. The molecule has 0 heterocycles. The molecular weight excluding hydrogens is 472 g/mol. The second-order valence-electron chi connectivity index (χ2n) is 9.82. The third-order valence-corrected chi connectivity index (χ3v) is 5.77. The summed E-state index contributed by atoms with van der Waals surface area (Å²) < 4.78 is 5.61. The van der Waals surface area contributed by atoms with Crippen LogP contribution < -0.4 is 10.6 Å². The van der Waals surface area contributed by atoms with E-state index in [1.165, 1.54) is 12.1 Å². The predicted molar refractivity (Wildman–Crippen MR) is 140 cm³/mol. The van der Waals surface area contributed by atoms with Crippen LogP contribution in [0, 0.1) is 0 Å². The maximum absolute atomic E-state index is 14.2. The number of Topliss-reactive ketones (excluding diaryl/α,β-unsaturated/α-hetero) is 1. The van der Waals surface area contributed by atoms with E-state index >= 15 is 0 Å². The van der Waals surface area contributed by atoms with E-state index in [4.69, 9.17) is 10.5 Å². The van der Waals surface area contributed by atoms with Gasteiger partial charge in [0.25, 0.3) is 0 Å². The van der Waals surface area contributed by atoms with Gasteiger partial charge in [0.2, 0.25) is 5.54 Å². The molecule has 3 aromatic rings. The molecule has 3 aromatic carbocycles. The largest absolute Gasteiger partial charge is 0.508 e. The number of aromatic hydroxyl groups is 1. The lowest BCUT2D eigenvalue weighted by molar-refractivity contribution is -0.149. The van der Waals surface area contributed by atoms with Crippen LogP contribution in [0.25, 0.3) is 0 Å². The molecule has 2 unspecified atom stereocenters. The van der Waals surface area contributed by atoms with Gasteiger partial charge in [-0.15, -0.1) is 0 Å². The number of anilines is 1. The maximum Gasteiger partial charge on any atom is 0.416 e. The predicted octanol–water partition coefficient (Wildman–Crippen LogP) is 4.34. The van der Waals surface area contributed by atoms with E-state index in [9.17, 15) is 24.6 Å². The number of carboxylic acids is 1. The quantitative estimate of drug-likeness (QED) is 0.370. The monoisotopic (exact) mass is 504 g/mol. The average Bonchev–Trinajstić information content (AvgIpc) is 2.84. The summed E-state index contributed by atoms with van der Waals surface area (Å²) in [6.45, 7) is 4.98. The number of aliphatic carboxylic acids is 1. The van der Waals surface area contributed by atoms with Gasteiger partial charge in [-0.25, -0.2) is 9.59 Å².